The minimum absolute atomic E-state index is 0.0344. The van der Waals surface area contributed by atoms with E-state index in [9.17, 15) is 18.8 Å². The summed E-state index contributed by atoms with van der Waals surface area (Å²) < 4.78 is 19.5. The molecule has 208 valence electrons. The second-order valence-corrected chi connectivity index (χ2v) is 9.46. The highest BCUT2D eigenvalue weighted by atomic mass is 35.5. The molecule has 1 unspecified atom stereocenters. The van der Waals surface area contributed by atoms with Gasteiger partial charge in [0.2, 0.25) is 5.91 Å². The standard InChI is InChI=1S/C29H24ClFN6O4/c1-2-41-29(40)25-14-17-13-18(6-7-21(17)34-25)33-27(38)23(12-16-8-10-32-11-9-16)35-28(39)24-15-22(36-37-24)19-4-3-5-20(30)26(19)31/h3-11,13-15,23,34H,2,12H2,1H3,(H,33,38)(H,35,39)(H,36,37). The minimum Gasteiger partial charge on any atom is -0.461 e. The smallest absolute Gasteiger partial charge is 0.354 e. The molecule has 41 heavy (non-hydrogen) atoms. The monoisotopic (exact) mass is 574 g/mol. The van der Waals surface area contributed by atoms with Gasteiger partial charge in [-0.15, -0.1) is 0 Å². The average molecular weight is 575 g/mol. The van der Waals surface area contributed by atoms with E-state index in [1.807, 2.05) is 0 Å². The van der Waals surface area contributed by atoms with Crippen molar-refractivity contribution >= 4 is 46.0 Å². The molecular weight excluding hydrogens is 551 g/mol. The number of hydrogen-bond acceptors (Lipinski definition) is 6. The van der Waals surface area contributed by atoms with Gasteiger partial charge < -0.3 is 20.4 Å². The molecule has 0 aliphatic heterocycles. The number of aromatic amines is 2. The first-order valence-electron chi connectivity index (χ1n) is 12.6. The Morgan fingerprint density at radius 2 is 1.85 bits per heavy atom. The molecule has 3 heterocycles. The third kappa shape index (κ3) is 6.25. The molecular formula is C29H24ClFN6O4. The van der Waals surface area contributed by atoms with E-state index in [2.05, 4.69) is 30.8 Å². The number of hydrogen-bond donors (Lipinski definition) is 4. The fourth-order valence-corrected chi connectivity index (χ4v) is 4.41. The van der Waals surface area contributed by atoms with Crippen LogP contribution in [0.2, 0.25) is 5.02 Å². The summed E-state index contributed by atoms with van der Waals surface area (Å²) in [6.07, 6.45) is 3.35. The van der Waals surface area contributed by atoms with Gasteiger partial charge in [0, 0.05) is 41.0 Å². The number of halogens is 2. The number of nitrogens with zero attached hydrogens (tertiary/aromatic N) is 2. The van der Waals surface area contributed by atoms with Crippen LogP contribution in [0.3, 0.4) is 0 Å². The van der Waals surface area contributed by atoms with Crippen LogP contribution in [-0.2, 0) is 16.0 Å². The number of ether oxygens (including phenoxy) is 1. The lowest BCUT2D eigenvalue weighted by Crippen LogP contribution is -2.45. The molecule has 2 amide bonds. The number of rotatable bonds is 9. The maximum atomic E-state index is 14.5. The molecule has 12 heteroatoms. The number of carbonyl (C=O) groups is 3. The van der Waals surface area contributed by atoms with Crippen molar-refractivity contribution in [3.63, 3.8) is 0 Å². The van der Waals surface area contributed by atoms with E-state index in [-0.39, 0.29) is 35.0 Å². The normalized spacial score (nSPS) is 11.7. The lowest BCUT2D eigenvalue weighted by Gasteiger charge is -2.18. The lowest BCUT2D eigenvalue weighted by atomic mass is 10.1. The van der Waals surface area contributed by atoms with Crippen molar-refractivity contribution in [2.24, 2.45) is 0 Å². The van der Waals surface area contributed by atoms with E-state index in [1.165, 1.54) is 18.2 Å². The van der Waals surface area contributed by atoms with Gasteiger partial charge in [-0.2, -0.15) is 5.10 Å². The van der Waals surface area contributed by atoms with E-state index in [4.69, 9.17) is 16.3 Å². The predicted molar refractivity (Wildman–Crippen MR) is 151 cm³/mol. The topological polar surface area (TPSA) is 142 Å². The lowest BCUT2D eigenvalue weighted by molar-refractivity contribution is -0.118. The summed E-state index contributed by atoms with van der Waals surface area (Å²) in [4.78, 5) is 45.6. The average Bonchev–Trinajstić information content (AvgIpc) is 3.63. The molecule has 0 aliphatic carbocycles. The molecule has 0 saturated heterocycles. The quantitative estimate of drug-likeness (QED) is 0.184. The van der Waals surface area contributed by atoms with Gasteiger partial charge in [0.1, 0.15) is 17.4 Å². The van der Waals surface area contributed by atoms with Crippen LogP contribution >= 0.6 is 11.6 Å². The maximum absolute atomic E-state index is 14.5. The molecule has 0 bridgehead atoms. The Balaban J connectivity index is 1.35. The zero-order valence-electron chi connectivity index (χ0n) is 21.7. The van der Waals surface area contributed by atoms with Crippen molar-refractivity contribution in [2.45, 2.75) is 19.4 Å². The Kier molecular flexibility index (Phi) is 8.06. The van der Waals surface area contributed by atoms with E-state index in [0.717, 1.165) is 5.56 Å². The van der Waals surface area contributed by atoms with Gasteiger partial charge in [-0.3, -0.25) is 19.7 Å². The number of aromatic nitrogens is 4. The second-order valence-electron chi connectivity index (χ2n) is 9.05. The Bertz CT molecular complexity index is 1740. The van der Waals surface area contributed by atoms with E-state index < -0.39 is 29.6 Å². The fraction of sp³-hybridized carbons (Fsp3) is 0.138. The van der Waals surface area contributed by atoms with Gasteiger partial charge in [-0.25, -0.2) is 9.18 Å². The summed E-state index contributed by atoms with van der Waals surface area (Å²) >= 11 is 5.88. The van der Waals surface area contributed by atoms with Crippen molar-refractivity contribution < 1.29 is 23.5 Å². The van der Waals surface area contributed by atoms with E-state index in [1.54, 1.807) is 61.8 Å². The van der Waals surface area contributed by atoms with Crippen LogP contribution < -0.4 is 10.6 Å². The SMILES string of the molecule is CCOC(=O)c1cc2cc(NC(=O)C(Cc3ccncc3)NC(=O)c3cc(-c4cccc(Cl)c4F)n[nH]3)ccc2[nH]1. The molecule has 0 aliphatic rings. The molecule has 0 fully saturated rings. The fourth-order valence-electron chi connectivity index (χ4n) is 4.24. The number of nitrogens with one attached hydrogen (secondary N) is 4. The number of anilines is 1. The first-order chi connectivity index (χ1) is 19.8. The Labute approximate surface area is 238 Å². The van der Waals surface area contributed by atoms with Crippen LogP contribution in [0.4, 0.5) is 10.1 Å². The summed E-state index contributed by atoms with van der Waals surface area (Å²) in [6, 6.07) is 15.1. The first-order valence-corrected chi connectivity index (χ1v) is 13.0. The zero-order chi connectivity index (χ0) is 28.9. The van der Waals surface area contributed by atoms with E-state index >= 15 is 0 Å². The van der Waals surface area contributed by atoms with Crippen LogP contribution in [0, 0.1) is 5.82 Å². The number of fused-ring (bicyclic) bond motifs is 1. The molecule has 10 nitrogen and oxygen atoms in total. The minimum atomic E-state index is -0.989. The highest BCUT2D eigenvalue weighted by Gasteiger charge is 2.24. The molecule has 4 N–H and O–H groups in total. The zero-order valence-corrected chi connectivity index (χ0v) is 22.5. The molecule has 0 spiro atoms. The van der Waals surface area contributed by atoms with Crippen LogP contribution in [0.1, 0.15) is 33.5 Å². The van der Waals surface area contributed by atoms with Crippen molar-refractivity contribution in [1.29, 1.82) is 0 Å². The van der Waals surface area contributed by atoms with Crippen molar-refractivity contribution in [3.8, 4) is 11.3 Å². The summed E-state index contributed by atoms with van der Waals surface area (Å²) in [7, 11) is 0. The second kappa shape index (κ2) is 12.0. The summed E-state index contributed by atoms with van der Waals surface area (Å²) in [5, 5.41) is 12.8. The van der Waals surface area contributed by atoms with Gasteiger partial charge in [0.05, 0.1) is 17.3 Å². The van der Waals surface area contributed by atoms with Crippen LogP contribution in [0.25, 0.3) is 22.2 Å². The Hall–Kier alpha value is -5.03. The third-order valence-electron chi connectivity index (χ3n) is 6.24. The van der Waals surface area contributed by atoms with Gasteiger partial charge in [0.25, 0.3) is 5.91 Å². The predicted octanol–water partition coefficient (Wildman–Crippen LogP) is 4.90. The van der Waals surface area contributed by atoms with Gasteiger partial charge in [-0.05, 0) is 67.1 Å². The largest absolute Gasteiger partial charge is 0.461 e. The van der Waals surface area contributed by atoms with E-state index in [0.29, 0.717) is 22.3 Å². The molecule has 2 aromatic carbocycles. The number of benzene rings is 2. The molecule has 5 aromatic rings. The van der Waals surface area contributed by atoms with Crippen LogP contribution in [-0.4, -0.2) is 50.6 Å². The summed E-state index contributed by atoms with van der Waals surface area (Å²) in [5.41, 5.74) is 2.58. The molecule has 0 saturated carbocycles. The molecule has 3 aromatic heterocycles. The van der Waals surface area contributed by atoms with Gasteiger partial charge in [0.15, 0.2) is 5.82 Å². The van der Waals surface area contributed by atoms with Gasteiger partial charge >= 0.3 is 5.97 Å². The molecule has 0 radical (unpaired) electrons. The molecule has 1 atom stereocenters. The highest BCUT2D eigenvalue weighted by Crippen LogP contribution is 2.26. The number of H-pyrrole nitrogens is 2. The Morgan fingerprint density at radius 3 is 2.63 bits per heavy atom. The number of carbonyl (C=O) groups excluding carboxylic acids is 3. The number of pyridine rings is 1. The first kappa shape index (κ1) is 27.5. The van der Waals surface area contributed by atoms with Crippen molar-refractivity contribution in [1.82, 2.24) is 25.5 Å². The maximum Gasteiger partial charge on any atom is 0.354 e. The number of amides is 2. The van der Waals surface area contributed by atoms with Crippen molar-refractivity contribution in [3.05, 3.63) is 101 Å². The molecule has 5 rings (SSSR count). The van der Waals surface area contributed by atoms with Crippen LogP contribution in [0.5, 0.6) is 0 Å². The summed E-state index contributed by atoms with van der Waals surface area (Å²) in [5.74, 6) is -2.22. The summed E-state index contributed by atoms with van der Waals surface area (Å²) in [6.45, 7) is 1.97. The Morgan fingerprint density at radius 1 is 1.05 bits per heavy atom. The highest BCUT2D eigenvalue weighted by molar-refractivity contribution is 6.31. The van der Waals surface area contributed by atoms with Gasteiger partial charge in [-0.1, -0.05) is 17.7 Å². The number of esters is 1. The third-order valence-corrected chi connectivity index (χ3v) is 6.54. The van der Waals surface area contributed by atoms with Crippen molar-refractivity contribution in [2.75, 3.05) is 11.9 Å². The van der Waals surface area contributed by atoms with Crippen LogP contribution in [0.15, 0.2) is 73.1 Å².